The zero-order valence-electron chi connectivity index (χ0n) is 20.3. The third-order valence-corrected chi connectivity index (χ3v) is 8.08. The molecule has 3 N–H and O–H groups in total. The lowest BCUT2D eigenvalue weighted by molar-refractivity contribution is -0.115. The number of rotatable bonds is 9. The second kappa shape index (κ2) is 13.4. The van der Waals surface area contributed by atoms with Gasteiger partial charge in [-0.25, -0.2) is 9.59 Å². The van der Waals surface area contributed by atoms with Gasteiger partial charge < -0.3 is 20.5 Å². The van der Waals surface area contributed by atoms with E-state index in [4.69, 9.17) is 51.1 Å². The molecule has 0 radical (unpaired) electrons. The number of carbonyl (C=O) groups is 4. The fraction of sp³-hybridized carbons (Fsp3) is 0.154. The highest BCUT2D eigenvalue weighted by Gasteiger charge is 2.29. The van der Waals surface area contributed by atoms with Crippen LogP contribution in [0, 0.1) is 0 Å². The van der Waals surface area contributed by atoms with E-state index in [0.717, 1.165) is 4.90 Å². The lowest BCUT2D eigenvalue weighted by atomic mass is 10.1. The van der Waals surface area contributed by atoms with E-state index in [2.05, 4.69) is 10.6 Å². The first kappa shape index (κ1) is 30.6. The monoisotopic (exact) mass is 628 g/mol. The summed E-state index contributed by atoms with van der Waals surface area (Å²) >= 11 is 25.4. The first-order valence-electron chi connectivity index (χ1n) is 11.2. The lowest BCUT2D eigenvalue weighted by Crippen LogP contribution is -2.22. The number of ether oxygens (including phenoxy) is 1. The largest absolute Gasteiger partial charge is 0.478 e. The third kappa shape index (κ3) is 7.38. The number of carboxylic acids is 1. The smallest absolute Gasteiger partial charge is 0.338 e. The van der Waals surface area contributed by atoms with Gasteiger partial charge in [0, 0.05) is 16.3 Å². The van der Waals surface area contributed by atoms with Crippen LogP contribution >= 0.6 is 58.2 Å². The molecule has 0 aliphatic carbocycles. The average Bonchev–Trinajstić information content (AvgIpc) is 2.90. The maximum Gasteiger partial charge on any atom is 0.338 e. The van der Waals surface area contributed by atoms with Gasteiger partial charge in [-0.05, 0) is 62.4 Å². The van der Waals surface area contributed by atoms with Gasteiger partial charge in [0.05, 0.1) is 48.6 Å². The van der Waals surface area contributed by atoms with Crippen molar-refractivity contribution in [2.75, 3.05) is 17.2 Å². The van der Waals surface area contributed by atoms with Crippen molar-refractivity contribution in [1.29, 1.82) is 0 Å². The zero-order valence-corrected chi connectivity index (χ0v) is 24.2. The average molecular weight is 630 g/mol. The molecule has 3 rings (SSSR count). The molecule has 8 nitrogen and oxygen atoms in total. The fourth-order valence-corrected chi connectivity index (χ4v) is 5.15. The zero-order chi connectivity index (χ0) is 28.9. The van der Waals surface area contributed by atoms with E-state index in [1.165, 1.54) is 11.8 Å². The van der Waals surface area contributed by atoms with Crippen LogP contribution in [0.15, 0.2) is 53.4 Å². The molecule has 0 saturated heterocycles. The van der Waals surface area contributed by atoms with Crippen LogP contribution in [-0.4, -0.2) is 40.7 Å². The Morgan fingerprint density at radius 1 is 0.821 bits per heavy atom. The van der Waals surface area contributed by atoms with E-state index in [1.54, 1.807) is 62.4 Å². The number of carbonyl (C=O) groups excluding carboxylic acids is 3. The molecular formula is C26H20Cl4N2O6S. The highest BCUT2D eigenvalue weighted by atomic mass is 35.5. The number of halogens is 4. The van der Waals surface area contributed by atoms with Crippen LogP contribution in [0.3, 0.4) is 0 Å². The standard InChI is InChI=1S/C26H20Cl4N2O6S/c1-3-38-26(37)13-4-6-14(7-5-13)31-23(33)12(2)39-16-10-8-15(9-11-16)32-24(34)17-18(25(35)36)20(28)22(30)21(29)19(17)27/h4-12H,3H2,1-2H3,(H,31,33)(H,32,34)(H,35,36). The summed E-state index contributed by atoms with van der Waals surface area (Å²) in [7, 11) is 0. The van der Waals surface area contributed by atoms with Crippen molar-refractivity contribution in [2.45, 2.75) is 24.0 Å². The Hall–Kier alpha value is -2.95. The summed E-state index contributed by atoms with van der Waals surface area (Å²) in [5, 5.41) is 13.1. The van der Waals surface area contributed by atoms with Crippen molar-refractivity contribution in [3.05, 3.63) is 85.3 Å². The summed E-state index contributed by atoms with van der Waals surface area (Å²) in [6, 6.07) is 12.9. The molecule has 0 aliphatic heterocycles. The van der Waals surface area contributed by atoms with Gasteiger partial charge in [0.15, 0.2) is 0 Å². The van der Waals surface area contributed by atoms with Crippen LogP contribution < -0.4 is 10.6 Å². The number of nitrogens with one attached hydrogen (secondary N) is 2. The number of anilines is 2. The number of carboxylic acid groups (broad SMARTS) is 1. The van der Waals surface area contributed by atoms with Crippen LogP contribution in [0.5, 0.6) is 0 Å². The molecule has 1 unspecified atom stereocenters. The molecule has 3 aromatic rings. The minimum Gasteiger partial charge on any atom is -0.478 e. The Labute approximate surface area is 247 Å². The van der Waals surface area contributed by atoms with Crippen LogP contribution in [0.2, 0.25) is 20.1 Å². The molecule has 0 fully saturated rings. The normalized spacial score (nSPS) is 11.4. The Balaban J connectivity index is 1.65. The Kier molecular flexibility index (Phi) is 10.5. The van der Waals surface area contributed by atoms with Gasteiger partial charge in [0.1, 0.15) is 0 Å². The van der Waals surface area contributed by atoms with Gasteiger partial charge in [-0.1, -0.05) is 46.4 Å². The maximum atomic E-state index is 12.9. The maximum absolute atomic E-state index is 12.9. The summed E-state index contributed by atoms with van der Waals surface area (Å²) in [6.07, 6.45) is 0. The molecule has 0 spiro atoms. The predicted molar refractivity (Wildman–Crippen MR) is 154 cm³/mol. The number of benzene rings is 3. The second-order valence-corrected chi connectivity index (χ2v) is 10.8. The number of hydrogen-bond acceptors (Lipinski definition) is 6. The molecule has 0 aromatic heterocycles. The van der Waals surface area contributed by atoms with Crippen molar-refractivity contribution < 1.29 is 29.0 Å². The number of thioether (sulfide) groups is 1. The van der Waals surface area contributed by atoms with Crippen molar-refractivity contribution >= 4 is 93.3 Å². The quantitative estimate of drug-likeness (QED) is 0.0967. The molecule has 0 saturated carbocycles. The second-order valence-electron chi connectivity index (χ2n) is 7.84. The highest BCUT2D eigenvalue weighted by molar-refractivity contribution is 8.00. The molecule has 3 aromatic carbocycles. The van der Waals surface area contributed by atoms with E-state index >= 15 is 0 Å². The topological polar surface area (TPSA) is 122 Å². The third-order valence-electron chi connectivity index (χ3n) is 5.17. The van der Waals surface area contributed by atoms with E-state index < -0.39 is 39.2 Å². The Morgan fingerprint density at radius 2 is 1.33 bits per heavy atom. The van der Waals surface area contributed by atoms with Gasteiger partial charge in [0.25, 0.3) is 5.91 Å². The number of esters is 1. The fourth-order valence-electron chi connectivity index (χ4n) is 3.26. The first-order chi connectivity index (χ1) is 18.4. The van der Waals surface area contributed by atoms with Gasteiger partial charge in [-0.15, -0.1) is 11.8 Å². The Morgan fingerprint density at radius 3 is 1.87 bits per heavy atom. The highest BCUT2D eigenvalue weighted by Crippen LogP contribution is 2.42. The van der Waals surface area contributed by atoms with E-state index in [0.29, 0.717) is 16.9 Å². The first-order valence-corrected chi connectivity index (χ1v) is 13.6. The van der Waals surface area contributed by atoms with E-state index in [-0.39, 0.29) is 27.6 Å². The van der Waals surface area contributed by atoms with Crippen molar-refractivity contribution in [2.24, 2.45) is 0 Å². The number of hydrogen-bond donors (Lipinski definition) is 3. The van der Waals surface area contributed by atoms with Gasteiger partial charge in [0.2, 0.25) is 5.91 Å². The molecule has 39 heavy (non-hydrogen) atoms. The van der Waals surface area contributed by atoms with Gasteiger partial charge in [-0.3, -0.25) is 9.59 Å². The van der Waals surface area contributed by atoms with Crippen LogP contribution in [-0.2, 0) is 9.53 Å². The molecule has 0 heterocycles. The molecule has 0 aliphatic rings. The van der Waals surface area contributed by atoms with Crippen LogP contribution in [0.1, 0.15) is 44.9 Å². The van der Waals surface area contributed by atoms with Crippen molar-refractivity contribution in [3.8, 4) is 0 Å². The molecule has 13 heteroatoms. The Bertz CT molecular complexity index is 1430. The molecule has 0 bridgehead atoms. The summed E-state index contributed by atoms with van der Waals surface area (Å²) < 4.78 is 4.94. The molecule has 2 amide bonds. The lowest BCUT2D eigenvalue weighted by Gasteiger charge is -2.15. The van der Waals surface area contributed by atoms with Crippen molar-refractivity contribution in [1.82, 2.24) is 0 Å². The molecular weight excluding hydrogens is 610 g/mol. The summed E-state index contributed by atoms with van der Waals surface area (Å²) in [6.45, 7) is 3.72. The number of aromatic carboxylic acids is 1. The van der Waals surface area contributed by atoms with Gasteiger partial charge >= 0.3 is 11.9 Å². The number of amides is 2. The minimum absolute atomic E-state index is 0.243. The van der Waals surface area contributed by atoms with Crippen LogP contribution in [0.4, 0.5) is 11.4 Å². The SMILES string of the molecule is CCOC(=O)c1ccc(NC(=O)C(C)Sc2ccc(NC(=O)c3c(Cl)c(Cl)c(Cl)c(Cl)c3C(=O)O)cc2)cc1. The van der Waals surface area contributed by atoms with E-state index in [1.807, 2.05) is 0 Å². The minimum atomic E-state index is -1.50. The predicted octanol–water partition coefficient (Wildman–Crippen LogP) is 7.55. The summed E-state index contributed by atoms with van der Waals surface area (Å²) in [4.78, 5) is 49.7. The van der Waals surface area contributed by atoms with Gasteiger partial charge in [-0.2, -0.15) is 0 Å². The van der Waals surface area contributed by atoms with Crippen molar-refractivity contribution in [3.63, 3.8) is 0 Å². The van der Waals surface area contributed by atoms with E-state index in [9.17, 15) is 24.3 Å². The summed E-state index contributed by atoms with van der Waals surface area (Å²) in [5.41, 5.74) is 0.241. The summed E-state index contributed by atoms with van der Waals surface area (Å²) in [5.74, 6) is -3.04. The molecule has 204 valence electrons. The van der Waals surface area contributed by atoms with Crippen LogP contribution in [0.25, 0.3) is 0 Å². The molecule has 1 atom stereocenters.